The summed E-state index contributed by atoms with van der Waals surface area (Å²) in [5.41, 5.74) is 6.90. The lowest BCUT2D eigenvalue weighted by Crippen LogP contribution is -2.11. The normalized spacial score (nSPS) is 12.4. The predicted molar refractivity (Wildman–Crippen MR) is 211 cm³/mol. The second-order valence-corrected chi connectivity index (χ2v) is 15.2. The van der Waals surface area contributed by atoms with Gasteiger partial charge in [0.1, 0.15) is 36.2 Å². The molecule has 4 aromatic carbocycles. The van der Waals surface area contributed by atoms with Crippen molar-refractivity contribution in [1.29, 1.82) is 0 Å². The van der Waals surface area contributed by atoms with Crippen LogP contribution in [0, 0.1) is 25.7 Å². The van der Waals surface area contributed by atoms with Gasteiger partial charge in [-0.25, -0.2) is 0 Å². The van der Waals surface area contributed by atoms with Gasteiger partial charge in [0, 0.05) is 8.95 Å². The van der Waals surface area contributed by atoms with Gasteiger partial charge in [0.05, 0.1) is 13.2 Å². The van der Waals surface area contributed by atoms with Crippen molar-refractivity contribution in [3.05, 3.63) is 104 Å². The zero-order valence-corrected chi connectivity index (χ0v) is 33.4. The van der Waals surface area contributed by atoms with E-state index in [0.717, 1.165) is 62.7 Å². The monoisotopic (exact) mass is 792 g/mol. The Bertz CT molecular complexity index is 1580. The molecule has 49 heavy (non-hydrogen) atoms. The van der Waals surface area contributed by atoms with Gasteiger partial charge in [-0.15, -0.1) is 0 Å². The Morgan fingerprint density at radius 1 is 0.551 bits per heavy atom. The van der Waals surface area contributed by atoms with Crippen LogP contribution < -0.4 is 18.9 Å². The lowest BCUT2D eigenvalue weighted by molar-refractivity contribution is 0.233. The van der Waals surface area contributed by atoms with E-state index in [4.69, 9.17) is 18.9 Å². The molecule has 0 bridgehead atoms. The van der Waals surface area contributed by atoms with Gasteiger partial charge in [0.25, 0.3) is 0 Å². The van der Waals surface area contributed by atoms with Crippen LogP contribution in [0.2, 0.25) is 0 Å². The summed E-state index contributed by atoms with van der Waals surface area (Å²) in [6.45, 7) is 15.6. The molecule has 0 aromatic heterocycles. The minimum Gasteiger partial charge on any atom is -0.493 e. The van der Waals surface area contributed by atoms with E-state index in [1.54, 1.807) is 0 Å². The third-order valence-corrected chi connectivity index (χ3v) is 9.98. The highest BCUT2D eigenvalue weighted by molar-refractivity contribution is 9.10. The number of benzene rings is 4. The summed E-state index contributed by atoms with van der Waals surface area (Å²) in [6.07, 6.45) is 8.49. The number of aryl methyl sites for hydroxylation is 2. The first-order valence-electron chi connectivity index (χ1n) is 18.0. The number of rotatable bonds is 20. The van der Waals surface area contributed by atoms with Gasteiger partial charge >= 0.3 is 0 Å². The molecule has 4 aromatic rings. The highest BCUT2D eigenvalue weighted by atomic mass is 79.9. The molecule has 0 aliphatic rings. The van der Waals surface area contributed by atoms with E-state index in [9.17, 15) is 0 Å². The Morgan fingerprint density at radius 3 is 1.39 bits per heavy atom. The van der Waals surface area contributed by atoms with E-state index in [-0.39, 0.29) is 0 Å². The van der Waals surface area contributed by atoms with Gasteiger partial charge in [0.15, 0.2) is 0 Å². The Morgan fingerprint density at radius 2 is 0.959 bits per heavy atom. The van der Waals surface area contributed by atoms with E-state index in [1.807, 2.05) is 48.5 Å². The molecule has 0 N–H and O–H groups in total. The number of halogens is 2. The maximum absolute atomic E-state index is 6.39. The quantitative estimate of drug-likeness (QED) is 0.0893. The molecule has 0 fully saturated rings. The van der Waals surface area contributed by atoms with Crippen molar-refractivity contribution in [2.45, 2.75) is 99.7 Å². The summed E-state index contributed by atoms with van der Waals surface area (Å²) in [5.74, 6) is 4.53. The van der Waals surface area contributed by atoms with Crippen LogP contribution in [0.1, 0.15) is 94.9 Å². The number of hydrogen-bond acceptors (Lipinski definition) is 4. The molecule has 6 heteroatoms. The van der Waals surface area contributed by atoms with Crippen molar-refractivity contribution in [1.82, 2.24) is 0 Å². The second kappa shape index (κ2) is 20.0. The van der Waals surface area contributed by atoms with Crippen molar-refractivity contribution >= 4 is 31.9 Å². The first-order valence-corrected chi connectivity index (χ1v) is 19.6. The number of unbranched alkanes of at least 4 members (excludes halogenated alkanes) is 2. The minimum atomic E-state index is 0.429. The van der Waals surface area contributed by atoms with E-state index in [0.29, 0.717) is 25.0 Å². The highest BCUT2D eigenvalue weighted by Crippen LogP contribution is 2.38. The van der Waals surface area contributed by atoms with Crippen LogP contribution in [0.25, 0.3) is 11.1 Å². The zero-order valence-electron chi connectivity index (χ0n) is 30.3. The van der Waals surface area contributed by atoms with Gasteiger partial charge < -0.3 is 18.9 Å². The molecule has 264 valence electrons. The molecule has 4 rings (SSSR count). The maximum atomic E-state index is 6.39. The van der Waals surface area contributed by atoms with Crippen molar-refractivity contribution in [3.63, 3.8) is 0 Å². The van der Waals surface area contributed by atoms with Crippen LogP contribution in [-0.4, -0.2) is 13.2 Å². The molecule has 0 aliphatic heterocycles. The Balaban J connectivity index is 1.47. The summed E-state index contributed by atoms with van der Waals surface area (Å²) >= 11 is 7.47. The fourth-order valence-corrected chi connectivity index (χ4v) is 7.38. The third-order valence-electron chi connectivity index (χ3n) is 9.06. The van der Waals surface area contributed by atoms with Gasteiger partial charge in [-0.3, -0.25) is 0 Å². The molecule has 4 nitrogen and oxygen atoms in total. The largest absolute Gasteiger partial charge is 0.493 e. The fraction of sp³-hybridized carbons (Fsp3) is 0.442. The lowest BCUT2D eigenvalue weighted by atomic mass is 9.89. The van der Waals surface area contributed by atoms with E-state index < -0.39 is 0 Å². The minimum absolute atomic E-state index is 0.429. The van der Waals surface area contributed by atoms with Crippen molar-refractivity contribution in [2.24, 2.45) is 11.8 Å². The van der Waals surface area contributed by atoms with Gasteiger partial charge in [0.2, 0.25) is 0 Å². The van der Waals surface area contributed by atoms with E-state index in [1.165, 1.54) is 60.8 Å². The standard InChI is InChI=1S/C43H54Br2O4/c1-7-10-12-30(4)26-46-38-14-18-40(19-15-38)48-28-34-24-36(44)22-31(5)42(34)43-32(6)23-37(45)25-35(43)29-49-41-20-16-39(17-21-41)47-27-33(9-3)13-11-8-2/h14-25,30,33H,7-13,26-29H2,1-6H3. The third kappa shape index (κ3) is 12.1. The van der Waals surface area contributed by atoms with Crippen molar-refractivity contribution in [2.75, 3.05) is 13.2 Å². The number of ether oxygens (including phenoxy) is 4. The highest BCUT2D eigenvalue weighted by Gasteiger charge is 2.18. The summed E-state index contributed by atoms with van der Waals surface area (Å²) in [7, 11) is 0. The van der Waals surface area contributed by atoms with Gasteiger partial charge in [-0.1, -0.05) is 91.7 Å². The molecule has 0 radical (unpaired) electrons. The van der Waals surface area contributed by atoms with Gasteiger partial charge in [-0.05, 0) is 145 Å². The Hall–Kier alpha value is -2.96. The van der Waals surface area contributed by atoms with E-state index in [2.05, 4.69) is 97.7 Å². The van der Waals surface area contributed by atoms with E-state index >= 15 is 0 Å². The molecule has 0 aliphatic carbocycles. The topological polar surface area (TPSA) is 36.9 Å². The summed E-state index contributed by atoms with van der Waals surface area (Å²) in [5, 5.41) is 0. The molecular weight excluding hydrogens is 740 g/mol. The molecule has 0 amide bonds. The van der Waals surface area contributed by atoms with Crippen molar-refractivity contribution < 1.29 is 18.9 Å². The molecule has 0 saturated heterocycles. The molecule has 0 saturated carbocycles. The SMILES string of the molecule is CCCCC(C)COc1ccc(OCc2cc(Br)cc(C)c2-c2c(C)cc(Br)cc2COc2ccc(OCC(CC)CCCC)cc2)cc1. The second-order valence-electron chi connectivity index (χ2n) is 13.3. The summed E-state index contributed by atoms with van der Waals surface area (Å²) in [6, 6.07) is 24.7. The Labute approximate surface area is 312 Å². The first kappa shape index (κ1) is 38.8. The predicted octanol–water partition coefficient (Wildman–Crippen LogP) is 13.5. The average molecular weight is 795 g/mol. The molecular formula is C43H54Br2O4. The van der Waals surface area contributed by atoms with Crippen LogP contribution in [-0.2, 0) is 13.2 Å². The molecule has 0 heterocycles. The fourth-order valence-electron chi connectivity index (χ4n) is 6.14. The van der Waals surface area contributed by atoms with Crippen LogP contribution in [0.4, 0.5) is 0 Å². The van der Waals surface area contributed by atoms with Gasteiger partial charge in [-0.2, -0.15) is 0 Å². The number of hydrogen-bond donors (Lipinski definition) is 0. The first-order chi connectivity index (χ1) is 23.7. The molecule has 2 atom stereocenters. The zero-order chi connectivity index (χ0) is 35.2. The van der Waals surface area contributed by atoms with Crippen LogP contribution in [0.5, 0.6) is 23.0 Å². The van der Waals surface area contributed by atoms with Crippen LogP contribution >= 0.6 is 31.9 Å². The molecule has 2 unspecified atom stereocenters. The summed E-state index contributed by atoms with van der Waals surface area (Å²) in [4.78, 5) is 0. The van der Waals surface area contributed by atoms with Crippen LogP contribution in [0.15, 0.2) is 81.7 Å². The van der Waals surface area contributed by atoms with Crippen molar-refractivity contribution in [3.8, 4) is 34.1 Å². The van der Waals surface area contributed by atoms with Crippen LogP contribution in [0.3, 0.4) is 0 Å². The smallest absolute Gasteiger partial charge is 0.120 e. The summed E-state index contributed by atoms with van der Waals surface area (Å²) < 4.78 is 27.0. The lowest BCUT2D eigenvalue weighted by Gasteiger charge is -2.21. The maximum Gasteiger partial charge on any atom is 0.120 e. The average Bonchev–Trinajstić information content (AvgIpc) is 3.09. The molecule has 0 spiro atoms. The Kier molecular flexibility index (Phi) is 15.9.